The molecule has 16 nitrogen and oxygen atoms in total. The minimum atomic E-state index is -5.53. The first kappa shape index (κ1) is 63.8. The van der Waals surface area contributed by atoms with Crippen molar-refractivity contribution in [3.05, 3.63) is 0 Å². The Bertz CT molecular complexity index is 834. The first-order valence-electron chi connectivity index (χ1n) is 17.8. The van der Waals surface area contributed by atoms with Crippen LogP contribution in [0, 0.1) is 0 Å². The Morgan fingerprint density at radius 2 is 0.491 bits per heavy atom. The highest BCUT2D eigenvalue weighted by atomic mass is 35.5. The lowest BCUT2D eigenvalue weighted by atomic mass is 10.4. The first-order chi connectivity index (χ1) is 21.9. The zero-order chi connectivity index (χ0) is 38.6. The van der Waals surface area contributed by atoms with Gasteiger partial charge in [0.2, 0.25) is 0 Å². The van der Waals surface area contributed by atoms with Crippen molar-refractivity contribution < 1.29 is 122 Å². The molecule has 0 aliphatic rings. The second-order valence-corrected chi connectivity index (χ2v) is 28.4. The van der Waals surface area contributed by atoms with Gasteiger partial charge >= 0.3 is 44.3 Å². The zero-order valence-electron chi connectivity index (χ0n) is 34.3. The number of halogens is 4. The monoisotopic (exact) mass is 940 g/mol. The summed E-state index contributed by atoms with van der Waals surface area (Å²) in [7, 11) is -9.21. The summed E-state index contributed by atoms with van der Waals surface area (Å²) in [6.07, 6.45) is 1.13. The van der Waals surface area contributed by atoms with Crippen LogP contribution in [0.3, 0.4) is 0 Å². The number of quaternary nitrogens is 4. The fourth-order valence-electron chi connectivity index (χ4n) is 4.71. The van der Waals surface area contributed by atoms with Crippen molar-refractivity contribution >= 4 is 44.3 Å². The summed E-state index contributed by atoms with van der Waals surface area (Å²) < 4.78 is 25.3. The number of nitrogens with zero attached hydrogens (tertiary/aromatic N) is 4. The van der Waals surface area contributed by atoms with Gasteiger partial charge in [-0.15, -0.1) is 0 Å². The molecule has 0 rings (SSSR count). The van der Waals surface area contributed by atoms with Gasteiger partial charge in [0.25, 0.3) is 0 Å². The van der Waals surface area contributed by atoms with Crippen LogP contribution < -0.4 is 49.6 Å². The Kier molecular flexibility index (Phi) is 31.2. The van der Waals surface area contributed by atoms with Crippen molar-refractivity contribution in [3.8, 4) is 0 Å². The van der Waals surface area contributed by atoms with Gasteiger partial charge in [-0.2, -0.15) is 0 Å². The number of hydrogen-bond donors (Lipinski definition) is 8. The van der Waals surface area contributed by atoms with E-state index in [2.05, 4.69) is 0 Å². The van der Waals surface area contributed by atoms with Crippen molar-refractivity contribution in [3.63, 3.8) is 0 Å². The fraction of sp³-hybridized carbons (Fsp3) is 1.00. The quantitative estimate of drug-likeness (QED) is 0.0273. The Morgan fingerprint density at radius 3 is 0.623 bits per heavy atom. The summed E-state index contributed by atoms with van der Waals surface area (Å²) in [6, 6.07) is -1.13. The van der Waals surface area contributed by atoms with Crippen LogP contribution in [0.4, 0.5) is 0 Å². The molecular formula is C28H76Cl4N4O12Si5. The molecule has 0 spiro atoms. The zero-order valence-corrected chi connectivity index (χ0v) is 42.3. The molecule has 8 N–H and O–H groups in total. The van der Waals surface area contributed by atoms with Crippen molar-refractivity contribution in [1.82, 2.24) is 0 Å². The third-order valence-electron chi connectivity index (χ3n) is 9.64. The summed E-state index contributed by atoms with van der Waals surface area (Å²) >= 11 is 0. The summed E-state index contributed by atoms with van der Waals surface area (Å²) in [6.45, 7) is 13.3. The average Bonchev–Trinajstić information content (AvgIpc) is 2.90. The minimum Gasteiger partial charge on any atom is -1.00 e. The van der Waals surface area contributed by atoms with Gasteiger partial charge in [-0.1, -0.05) is 0 Å². The third kappa shape index (κ3) is 29.5. The van der Waals surface area contributed by atoms with E-state index in [0.29, 0.717) is 44.1 Å². The molecule has 0 atom stereocenters. The molecule has 0 amide bonds. The molecule has 0 aromatic carbocycles. The van der Waals surface area contributed by atoms with Crippen molar-refractivity contribution in [2.45, 2.75) is 77.6 Å². The maximum Gasteiger partial charge on any atom is 0.649 e. The molecule has 328 valence electrons. The highest BCUT2D eigenvalue weighted by Crippen LogP contribution is 2.31. The van der Waals surface area contributed by atoms with Gasteiger partial charge in [0.1, 0.15) is 0 Å². The van der Waals surface area contributed by atoms with Gasteiger partial charge in [0.05, 0.1) is 109 Å². The topological polar surface area (TPSA) is 199 Å². The molecule has 0 aliphatic heterocycles. The summed E-state index contributed by atoms with van der Waals surface area (Å²) in [4.78, 5) is 90.1. The second kappa shape index (κ2) is 26.0. The van der Waals surface area contributed by atoms with E-state index in [1.54, 1.807) is 0 Å². The predicted octanol–water partition coefficient (Wildman–Crippen LogP) is -12.9. The Balaban J connectivity index is -0.00000192. The summed E-state index contributed by atoms with van der Waals surface area (Å²) in [5.41, 5.74) is 0. The molecule has 0 aliphatic carbocycles. The average molecular weight is 943 g/mol. The van der Waals surface area contributed by atoms with Gasteiger partial charge in [0.15, 0.2) is 0 Å². The number of hydrogen-bond acceptors (Lipinski definition) is 12. The van der Waals surface area contributed by atoms with Gasteiger partial charge < -0.3 is 122 Å². The lowest BCUT2D eigenvalue weighted by Gasteiger charge is -2.40. The van der Waals surface area contributed by atoms with E-state index in [1.165, 1.54) is 0 Å². The van der Waals surface area contributed by atoms with Crippen LogP contribution in [0.25, 0.3) is 0 Å². The minimum absolute atomic E-state index is 0. The largest absolute Gasteiger partial charge is 1.00 e. The van der Waals surface area contributed by atoms with Crippen molar-refractivity contribution in [1.29, 1.82) is 0 Å². The lowest BCUT2D eigenvalue weighted by Crippen LogP contribution is -3.00. The smallest absolute Gasteiger partial charge is 0.649 e. The molecular weight excluding hydrogens is 867 g/mol. The SMILES string of the molecule is CC[N+](C)(C)CCC[Si](O)(O)O[Si](O[Si](O)(O)CCC[N+](C)(C)CC)(O[Si](O)(O)CCC[N+](C)(C)CC)O[Si](O)(O)CCC[N+](C)(C)CC.[Cl-].[Cl-].[Cl-].[Cl-]. The standard InChI is InChI=1S/C28H76N4O12Si5.4ClH/c1-13-29(5,6)21-17-25-45(33,34)41-49(42-46(35,36)26-18-22-30(7,8)14-2,43-47(37,38)27-19-23-31(9,10)15-3)44-48(39,40)28-20-24-32(11,12)16-4;;;;/h33-40H,13-28H2,1-12H3;4*1H/q+4;;;;/p-4. The maximum atomic E-state index is 11.3. The molecule has 0 unspecified atom stereocenters. The normalized spacial score (nSPS) is 13.8. The summed E-state index contributed by atoms with van der Waals surface area (Å²) in [5, 5.41) is 0. The van der Waals surface area contributed by atoms with Crippen LogP contribution in [0.2, 0.25) is 24.2 Å². The van der Waals surface area contributed by atoms with E-state index >= 15 is 0 Å². The Hall–Kier alpha value is 1.60. The molecule has 0 bridgehead atoms. The molecule has 0 saturated heterocycles. The molecule has 0 aromatic heterocycles. The van der Waals surface area contributed by atoms with Crippen LogP contribution in [-0.2, 0) is 16.5 Å². The molecule has 0 radical (unpaired) electrons. The lowest BCUT2D eigenvalue weighted by molar-refractivity contribution is -0.888. The molecule has 0 aromatic rings. The van der Waals surface area contributed by atoms with Gasteiger partial charge in [-0.05, 0) is 27.7 Å². The third-order valence-corrected chi connectivity index (χ3v) is 22.9. The molecule has 25 heteroatoms. The van der Waals surface area contributed by atoms with E-state index in [4.69, 9.17) is 16.5 Å². The predicted molar refractivity (Wildman–Crippen MR) is 199 cm³/mol. The second-order valence-electron chi connectivity index (χ2n) is 16.2. The van der Waals surface area contributed by atoms with E-state index < -0.39 is 44.3 Å². The van der Waals surface area contributed by atoms with Crippen LogP contribution in [0.5, 0.6) is 0 Å². The fourth-order valence-corrected chi connectivity index (χ4v) is 18.5. The van der Waals surface area contributed by atoms with Gasteiger partial charge in [-0.3, -0.25) is 0 Å². The maximum absolute atomic E-state index is 11.3. The van der Waals surface area contributed by atoms with Crippen LogP contribution in [0.1, 0.15) is 53.4 Å². The number of rotatable bonds is 28. The Labute approximate surface area is 351 Å². The van der Waals surface area contributed by atoms with E-state index in [0.717, 1.165) is 26.2 Å². The highest BCUT2D eigenvalue weighted by molar-refractivity contribution is 6.84. The molecule has 0 fully saturated rings. The van der Waals surface area contributed by atoms with Crippen LogP contribution in [-0.4, -0.2) is 209 Å². The highest BCUT2D eigenvalue weighted by Gasteiger charge is 2.65. The molecule has 0 heterocycles. The first-order valence-corrected chi connectivity index (χ1v) is 27.4. The van der Waals surface area contributed by atoms with Gasteiger partial charge in [-0.25, -0.2) is 0 Å². The van der Waals surface area contributed by atoms with E-state index in [1.807, 2.05) is 84.1 Å². The summed E-state index contributed by atoms with van der Waals surface area (Å²) in [5.74, 6) is 0. The van der Waals surface area contributed by atoms with Crippen LogP contribution in [0.15, 0.2) is 0 Å². The molecule has 0 saturated carbocycles. The van der Waals surface area contributed by atoms with E-state index in [9.17, 15) is 38.4 Å². The van der Waals surface area contributed by atoms with Crippen molar-refractivity contribution in [2.75, 3.05) is 109 Å². The van der Waals surface area contributed by atoms with Crippen LogP contribution >= 0.6 is 0 Å². The van der Waals surface area contributed by atoms with E-state index in [-0.39, 0.29) is 99.5 Å². The Morgan fingerprint density at radius 1 is 0.340 bits per heavy atom. The van der Waals surface area contributed by atoms with Gasteiger partial charge in [0, 0.05) is 49.9 Å². The molecule has 53 heavy (non-hydrogen) atoms. The van der Waals surface area contributed by atoms with Crippen molar-refractivity contribution in [2.24, 2.45) is 0 Å².